The average molecular weight is 498 g/mol. The van der Waals surface area contributed by atoms with Crippen LogP contribution in [0.3, 0.4) is 0 Å². The molecule has 0 spiro atoms. The van der Waals surface area contributed by atoms with Gasteiger partial charge >= 0.3 is 6.03 Å². The predicted octanol–water partition coefficient (Wildman–Crippen LogP) is 4.93. The minimum atomic E-state index is -3.50. The molecule has 3 aromatic carbocycles. The fourth-order valence-corrected chi connectivity index (χ4v) is 5.61. The molecule has 34 heavy (non-hydrogen) atoms. The van der Waals surface area contributed by atoms with Crippen molar-refractivity contribution in [2.45, 2.75) is 37.1 Å². The fourth-order valence-electron chi connectivity index (χ4n) is 4.08. The lowest BCUT2D eigenvalue weighted by Crippen LogP contribution is -2.28. The molecular formula is C26H28ClN3O3S. The summed E-state index contributed by atoms with van der Waals surface area (Å²) < 4.78 is 25.9. The third kappa shape index (κ3) is 5.78. The summed E-state index contributed by atoms with van der Waals surface area (Å²) in [4.78, 5) is 14.7. The molecule has 0 atom stereocenters. The third-order valence-corrected chi connectivity index (χ3v) is 8.26. The molecular weight excluding hydrogens is 470 g/mol. The molecule has 0 aromatic heterocycles. The van der Waals surface area contributed by atoms with E-state index in [1.807, 2.05) is 43.3 Å². The number of urea groups is 1. The summed E-state index contributed by atoms with van der Waals surface area (Å²) in [6.45, 7) is 4.06. The summed E-state index contributed by atoms with van der Waals surface area (Å²) in [5, 5.41) is 6.11. The second kappa shape index (κ2) is 10.2. The zero-order chi connectivity index (χ0) is 24.3. The highest BCUT2D eigenvalue weighted by atomic mass is 35.5. The normalized spacial score (nSPS) is 13.9. The molecule has 0 bridgehead atoms. The van der Waals surface area contributed by atoms with Gasteiger partial charge in [0.15, 0.2) is 9.84 Å². The first-order valence-electron chi connectivity index (χ1n) is 11.1. The topological polar surface area (TPSA) is 78.5 Å². The van der Waals surface area contributed by atoms with Crippen molar-refractivity contribution in [1.82, 2.24) is 10.2 Å². The number of carbonyl (C=O) groups excluding carboxylic acids is 1. The zero-order valence-electron chi connectivity index (χ0n) is 19.3. The second-order valence-electron chi connectivity index (χ2n) is 8.73. The van der Waals surface area contributed by atoms with Gasteiger partial charge in [-0.05, 0) is 72.5 Å². The van der Waals surface area contributed by atoms with Crippen molar-refractivity contribution in [1.29, 1.82) is 0 Å². The van der Waals surface area contributed by atoms with E-state index in [1.165, 1.54) is 23.3 Å². The van der Waals surface area contributed by atoms with Crippen molar-refractivity contribution >= 4 is 33.2 Å². The molecule has 1 aliphatic heterocycles. The first-order chi connectivity index (χ1) is 16.2. The molecule has 2 N–H and O–H groups in total. The number of aryl methyl sites for hydroxylation is 1. The number of hydrogen-bond acceptors (Lipinski definition) is 4. The van der Waals surface area contributed by atoms with Crippen LogP contribution in [0.5, 0.6) is 0 Å². The maximum absolute atomic E-state index is 13.0. The van der Waals surface area contributed by atoms with Crippen molar-refractivity contribution in [3.63, 3.8) is 0 Å². The highest BCUT2D eigenvalue weighted by Gasteiger charge is 2.18. The average Bonchev–Trinajstić information content (AvgIpc) is 2.80. The van der Waals surface area contributed by atoms with Gasteiger partial charge in [0.1, 0.15) is 0 Å². The van der Waals surface area contributed by atoms with E-state index in [2.05, 4.69) is 22.6 Å². The van der Waals surface area contributed by atoms with Gasteiger partial charge in [0, 0.05) is 30.3 Å². The number of carbonyl (C=O) groups is 1. The maximum atomic E-state index is 13.0. The maximum Gasteiger partial charge on any atom is 0.319 e. The Balaban J connectivity index is 1.36. The SMILES string of the molecule is Cc1cccc(CNC(=O)Nc2ccc(S(=O)(=O)Cc3ccc4c(c3)CCN(C)C4)cc2)c1Cl. The lowest BCUT2D eigenvalue weighted by atomic mass is 9.98. The molecule has 1 heterocycles. The van der Waals surface area contributed by atoms with Crippen LogP contribution in [0.25, 0.3) is 0 Å². The molecule has 0 aliphatic carbocycles. The quantitative estimate of drug-likeness (QED) is 0.506. The highest BCUT2D eigenvalue weighted by Crippen LogP contribution is 2.24. The van der Waals surface area contributed by atoms with E-state index >= 15 is 0 Å². The van der Waals surface area contributed by atoms with Crippen molar-refractivity contribution < 1.29 is 13.2 Å². The molecule has 178 valence electrons. The van der Waals surface area contributed by atoms with Gasteiger partial charge in [-0.2, -0.15) is 0 Å². The summed E-state index contributed by atoms with van der Waals surface area (Å²) in [6, 6.07) is 17.4. The standard InChI is InChI=1S/C26H28ClN3O3S/c1-18-4-3-5-21(25(18)27)15-28-26(31)29-23-8-10-24(11-9-23)34(32,33)17-19-6-7-22-16-30(2)13-12-20(22)14-19/h3-11,14H,12-13,15-17H2,1-2H3,(H2,28,29,31). The Morgan fingerprint density at radius 3 is 2.59 bits per heavy atom. The lowest BCUT2D eigenvalue weighted by molar-refractivity contribution is 0.251. The number of amides is 2. The summed E-state index contributed by atoms with van der Waals surface area (Å²) in [7, 11) is -1.42. The Morgan fingerprint density at radius 2 is 1.82 bits per heavy atom. The summed E-state index contributed by atoms with van der Waals surface area (Å²) in [5.74, 6) is -0.0549. The Morgan fingerprint density at radius 1 is 1.06 bits per heavy atom. The van der Waals surface area contributed by atoms with Crippen LogP contribution in [0, 0.1) is 6.92 Å². The van der Waals surface area contributed by atoms with Gasteiger partial charge in [-0.15, -0.1) is 0 Å². The van der Waals surface area contributed by atoms with E-state index in [1.54, 1.807) is 12.1 Å². The number of hydrogen-bond donors (Lipinski definition) is 2. The Labute approximate surface area is 205 Å². The third-order valence-electron chi connectivity index (χ3n) is 6.01. The zero-order valence-corrected chi connectivity index (χ0v) is 20.8. The summed E-state index contributed by atoms with van der Waals surface area (Å²) in [6.07, 6.45) is 0.929. The van der Waals surface area contributed by atoms with E-state index in [-0.39, 0.29) is 17.2 Å². The van der Waals surface area contributed by atoms with E-state index in [4.69, 9.17) is 11.6 Å². The minimum Gasteiger partial charge on any atom is -0.334 e. The van der Waals surface area contributed by atoms with Gasteiger partial charge in [-0.3, -0.25) is 0 Å². The first kappa shape index (κ1) is 24.3. The monoisotopic (exact) mass is 497 g/mol. The molecule has 0 fully saturated rings. The van der Waals surface area contributed by atoms with Crippen LogP contribution in [0.1, 0.15) is 27.8 Å². The van der Waals surface area contributed by atoms with Gasteiger partial charge in [-0.25, -0.2) is 13.2 Å². The lowest BCUT2D eigenvalue weighted by Gasteiger charge is -2.25. The second-order valence-corrected chi connectivity index (χ2v) is 11.1. The Bertz CT molecular complexity index is 1310. The van der Waals surface area contributed by atoms with Crippen molar-refractivity contribution in [2.24, 2.45) is 0 Å². The van der Waals surface area contributed by atoms with E-state index in [9.17, 15) is 13.2 Å². The molecule has 1 aliphatic rings. The van der Waals surface area contributed by atoms with Crippen molar-refractivity contribution in [3.8, 4) is 0 Å². The Hall–Kier alpha value is -2.87. The van der Waals surface area contributed by atoms with Gasteiger partial charge in [0.2, 0.25) is 0 Å². The summed E-state index contributed by atoms with van der Waals surface area (Å²) >= 11 is 6.27. The van der Waals surface area contributed by atoms with Crippen LogP contribution in [-0.2, 0) is 35.1 Å². The van der Waals surface area contributed by atoms with E-state index in [0.29, 0.717) is 10.7 Å². The number of anilines is 1. The molecule has 8 heteroatoms. The molecule has 3 aromatic rings. The smallest absolute Gasteiger partial charge is 0.319 e. The summed E-state index contributed by atoms with van der Waals surface area (Å²) in [5.41, 5.74) is 5.55. The molecule has 6 nitrogen and oxygen atoms in total. The van der Waals surface area contributed by atoms with E-state index < -0.39 is 15.9 Å². The molecule has 4 rings (SSSR count). The molecule has 0 unspecified atom stereocenters. The van der Waals surface area contributed by atoms with E-state index in [0.717, 1.165) is 36.2 Å². The van der Waals surface area contributed by atoms with Gasteiger partial charge in [-0.1, -0.05) is 48.0 Å². The van der Waals surface area contributed by atoms with Gasteiger partial charge in [0.25, 0.3) is 0 Å². The molecule has 0 saturated carbocycles. The van der Waals surface area contributed by atoms with Gasteiger partial charge in [0.05, 0.1) is 10.6 Å². The first-order valence-corrected chi connectivity index (χ1v) is 13.2. The number of halogens is 1. The fraction of sp³-hybridized carbons (Fsp3) is 0.269. The van der Waals surface area contributed by atoms with Crippen LogP contribution in [0.15, 0.2) is 65.6 Å². The van der Waals surface area contributed by atoms with Gasteiger partial charge < -0.3 is 15.5 Å². The number of rotatable bonds is 6. The molecule has 0 saturated heterocycles. The molecule has 2 amide bonds. The van der Waals surface area contributed by atoms with Crippen LogP contribution in [0.4, 0.5) is 10.5 Å². The number of nitrogens with zero attached hydrogens (tertiary/aromatic N) is 1. The minimum absolute atomic E-state index is 0.0549. The number of benzene rings is 3. The number of fused-ring (bicyclic) bond motifs is 1. The number of likely N-dealkylation sites (N-methyl/N-ethyl adjacent to an activating group) is 1. The van der Waals surface area contributed by atoms with Crippen molar-refractivity contribution in [3.05, 3.63) is 93.5 Å². The number of sulfone groups is 1. The van der Waals surface area contributed by atoms with Crippen molar-refractivity contribution in [2.75, 3.05) is 18.9 Å². The molecule has 0 radical (unpaired) electrons. The largest absolute Gasteiger partial charge is 0.334 e. The predicted molar refractivity (Wildman–Crippen MR) is 136 cm³/mol. The highest BCUT2D eigenvalue weighted by molar-refractivity contribution is 7.90. The Kier molecular flexibility index (Phi) is 7.26. The van der Waals surface area contributed by atoms with Crippen LogP contribution < -0.4 is 10.6 Å². The van der Waals surface area contributed by atoms with Crippen LogP contribution in [-0.4, -0.2) is 32.9 Å². The van der Waals surface area contributed by atoms with Crippen LogP contribution in [0.2, 0.25) is 5.02 Å². The van der Waals surface area contributed by atoms with Crippen LogP contribution >= 0.6 is 11.6 Å². The number of nitrogens with one attached hydrogen (secondary N) is 2.